The highest BCUT2D eigenvalue weighted by molar-refractivity contribution is 7.98. The zero-order valence-electron chi connectivity index (χ0n) is 14.6. The van der Waals surface area contributed by atoms with E-state index in [-0.39, 0.29) is 5.91 Å². The molecule has 0 spiro atoms. The maximum absolute atomic E-state index is 12.3. The number of nitrogens with one attached hydrogen (secondary N) is 1. The molecule has 0 radical (unpaired) electrons. The average molecular weight is 378 g/mol. The van der Waals surface area contributed by atoms with Crippen LogP contribution in [-0.2, 0) is 10.5 Å². The van der Waals surface area contributed by atoms with E-state index in [4.69, 9.17) is 16.3 Å². The molecule has 1 atom stereocenters. The predicted molar refractivity (Wildman–Crippen MR) is 107 cm³/mol. The van der Waals surface area contributed by atoms with Crippen LogP contribution in [0, 0.1) is 6.92 Å². The lowest BCUT2D eigenvalue weighted by molar-refractivity contribution is -0.127. The fourth-order valence-corrected chi connectivity index (χ4v) is 3.37. The van der Waals surface area contributed by atoms with E-state index in [9.17, 15) is 4.79 Å². The SMILES string of the molecule is CC[C@@H](Oc1cccc(Cl)c1)C(=O)NCCSCc1cccc(C)c1. The Balaban J connectivity index is 1.71. The lowest BCUT2D eigenvalue weighted by atomic mass is 10.2. The second-order valence-electron chi connectivity index (χ2n) is 5.80. The summed E-state index contributed by atoms with van der Waals surface area (Å²) in [5.41, 5.74) is 2.59. The summed E-state index contributed by atoms with van der Waals surface area (Å²) in [6, 6.07) is 15.6. The van der Waals surface area contributed by atoms with E-state index in [1.165, 1.54) is 11.1 Å². The molecule has 0 aromatic heterocycles. The van der Waals surface area contributed by atoms with Gasteiger partial charge in [0.25, 0.3) is 5.91 Å². The molecule has 2 rings (SSSR count). The van der Waals surface area contributed by atoms with Gasteiger partial charge in [-0.05, 0) is 37.1 Å². The molecule has 1 N–H and O–H groups in total. The van der Waals surface area contributed by atoms with Crippen LogP contribution in [0.2, 0.25) is 5.02 Å². The second-order valence-corrected chi connectivity index (χ2v) is 7.35. The Bertz CT molecular complexity index is 693. The van der Waals surface area contributed by atoms with E-state index < -0.39 is 6.10 Å². The summed E-state index contributed by atoms with van der Waals surface area (Å²) in [5, 5.41) is 3.55. The Morgan fingerprint density at radius 3 is 2.76 bits per heavy atom. The fourth-order valence-electron chi connectivity index (χ4n) is 2.38. The first-order valence-corrected chi connectivity index (χ1v) is 9.95. The molecule has 0 aliphatic carbocycles. The molecule has 0 saturated carbocycles. The van der Waals surface area contributed by atoms with Crippen LogP contribution in [0.4, 0.5) is 0 Å². The van der Waals surface area contributed by atoms with E-state index in [1.54, 1.807) is 18.2 Å². The van der Waals surface area contributed by atoms with Gasteiger partial charge in [-0.1, -0.05) is 54.4 Å². The molecular weight excluding hydrogens is 354 g/mol. The van der Waals surface area contributed by atoms with E-state index in [1.807, 2.05) is 24.8 Å². The number of thioether (sulfide) groups is 1. The van der Waals surface area contributed by atoms with E-state index in [0.29, 0.717) is 23.7 Å². The van der Waals surface area contributed by atoms with Crippen LogP contribution in [-0.4, -0.2) is 24.3 Å². The molecule has 1 amide bonds. The molecule has 0 aliphatic rings. The number of benzene rings is 2. The molecule has 0 bridgehead atoms. The minimum absolute atomic E-state index is 0.0846. The van der Waals surface area contributed by atoms with Gasteiger partial charge in [0.15, 0.2) is 6.10 Å². The van der Waals surface area contributed by atoms with Crippen molar-refractivity contribution in [1.82, 2.24) is 5.32 Å². The second kappa shape index (κ2) is 10.4. The number of ether oxygens (including phenoxy) is 1. The van der Waals surface area contributed by atoms with Crippen molar-refractivity contribution in [2.24, 2.45) is 0 Å². The molecule has 0 aliphatic heterocycles. The van der Waals surface area contributed by atoms with Gasteiger partial charge in [0.05, 0.1) is 0 Å². The highest BCUT2D eigenvalue weighted by atomic mass is 35.5. The molecule has 134 valence electrons. The summed E-state index contributed by atoms with van der Waals surface area (Å²) in [7, 11) is 0. The minimum atomic E-state index is -0.500. The first-order chi connectivity index (χ1) is 12.1. The van der Waals surface area contributed by atoms with Gasteiger partial charge in [0, 0.05) is 23.1 Å². The third-order valence-corrected chi connectivity index (χ3v) is 4.90. The van der Waals surface area contributed by atoms with Crippen molar-refractivity contribution in [3.63, 3.8) is 0 Å². The van der Waals surface area contributed by atoms with Crippen molar-refractivity contribution in [2.45, 2.75) is 32.1 Å². The molecule has 2 aromatic carbocycles. The van der Waals surface area contributed by atoms with Crippen molar-refractivity contribution >= 4 is 29.3 Å². The van der Waals surface area contributed by atoms with Crippen molar-refractivity contribution in [1.29, 1.82) is 0 Å². The predicted octanol–water partition coefficient (Wildman–Crippen LogP) is 4.86. The van der Waals surface area contributed by atoms with Gasteiger partial charge in [-0.2, -0.15) is 11.8 Å². The van der Waals surface area contributed by atoms with Crippen molar-refractivity contribution < 1.29 is 9.53 Å². The number of carbonyl (C=O) groups is 1. The summed E-state index contributed by atoms with van der Waals surface area (Å²) in [5.74, 6) is 2.35. The third-order valence-electron chi connectivity index (χ3n) is 3.63. The topological polar surface area (TPSA) is 38.3 Å². The summed E-state index contributed by atoms with van der Waals surface area (Å²) in [4.78, 5) is 12.3. The highest BCUT2D eigenvalue weighted by Gasteiger charge is 2.17. The number of hydrogen-bond acceptors (Lipinski definition) is 3. The molecule has 0 unspecified atom stereocenters. The highest BCUT2D eigenvalue weighted by Crippen LogP contribution is 2.19. The summed E-state index contributed by atoms with van der Waals surface area (Å²) in [6.45, 7) is 4.66. The lowest BCUT2D eigenvalue weighted by Crippen LogP contribution is -2.39. The number of aryl methyl sites for hydroxylation is 1. The smallest absolute Gasteiger partial charge is 0.261 e. The van der Waals surface area contributed by atoms with Gasteiger partial charge in [-0.25, -0.2) is 0 Å². The van der Waals surface area contributed by atoms with E-state index >= 15 is 0 Å². The molecular formula is C20H24ClNO2S. The Labute approximate surface area is 159 Å². The largest absolute Gasteiger partial charge is 0.481 e. The van der Waals surface area contributed by atoms with Crippen molar-refractivity contribution in [3.05, 3.63) is 64.7 Å². The van der Waals surface area contributed by atoms with Crippen molar-refractivity contribution in [2.75, 3.05) is 12.3 Å². The summed E-state index contributed by atoms with van der Waals surface area (Å²) >= 11 is 7.76. The van der Waals surface area contributed by atoms with Crippen LogP contribution in [0.15, 0.2) is 48.5 Å². The molecule has 2 aromatic rings. The van der Waals surface area contributed by atoms with Crippen LogP contribution in [0.5, 0.6) is 5.75 Å². The Kier molecular flexibility index (Phi) is 8.16. The number of amides is 1. The standard InChI is InChI=1S/C20H24ClNO2S/c1-3-19(24-18-9-5-8-17(21)13-18)20(23)22-10-11-25-14-16-7-4-6-15(2)12-16/h4-9,12-13,19H,3,10-11,14H2,1-2H3,(H,22,23)/t19-/m1/s1. The van der Waals surface area contributed by atoms with Crippen LogP contribution in [0.3, 0.4) is 0 Å². The average Bonchev–Trinajstić information content (AvgIpc) is 2.59. The number of hydrogen-bond donors (Lipinski definition) is 1. The fraction of sp³-hybridized carbons (Fsp3) is 0.350. The van der Waals surface area contributed by atoms with Crippen LogP contribution in [0.25, 0.3) is 0 Å². The van der Waals surface area contributed by atoms with Gasteiger partial charge in [0.2, 0.25) is 0 Å². The van der Waals surface area contributed by atoms with Crippen LogP contribution >= 0.6 is 23.4 Å². The first kappa shape index (κ1) is 19.7. The van der Waals surface area contributed by atoms with E-state index in [2.05, 4.69) is 36.5 Å². The Hall–Kier alpha value is -1.65. The molecule has 0 heterocycles. The summed E-state index contributed by atoms with van der Waals surface area (Å²) in [6.07, 6.45) is 0.106. The zero-order valence-corrected chi connectivity index (χ0v) is 16.2. The molecule has 5 heteroatoms. The molecule has 25 heavy (non-hydrogen) atoms. The van der Waals surface area contributed by atoms with E-state index in [0.717, 1.165) is 11.5 Å². The molecule has 0 fully saturated rings. The number of halogens is 1. The monoisotopic (exact) mass is 377 g/mol. The molecule has 3 nitrogen and oxygen atoms in total. The van der Waals surface area contributed by atoms with Gasteiger partial charge in [0.1, 0.15) is 5.75 Å². The van der Waals surface area contributed by atoms with Gasteiger partial charge in [-0.3, -0.25) is 4.79 Å². The Morgan fingerprint density at radius 2 is 2.04 bits per heavy atom. The van der Waals surface area contributed by atoms with Crippen LogP contribution in [0.1, 0.15) is 24.5 Å². The van der Waals surface area contributed by atoms with Crippen molar-refractivity contribution in [3.8, 4) is 5.75 Å². The maximum atomic E-state index is 12.3. The lowest BCUT2D eigenvalue weighted by Gasteiger charge is -2.17. The molecule has 0 saturated heterocycles. The number of rotatable bonds is 9. The number of carbonyl (C=O) groups excluding carboxylic acids is 1. The first-order valence-electron chi connectivity index (χ1n) is 8.41. The van der Waals surface area contributed by atoms with Crippen LogP contribution < -0.4 is 10.1 Å². The normalized spacial score (nSPS) is 11.8. The van der Waals surface area contributed by atoms with Gasteiger partial charge in [-0.15, -0.1) is 0 Å². The summed E-state index contributed by atoms with van der Waals surface area (Å²) < 4.78 is 5.74. The zero-order chi connectivity index (χ0) is 18.1. The Morgan fingerprint density at radius 1 is 1.24 bits per heavy atom. The maximum Gasteiger partial charge on any atom is 0.261 e. The quantitative estimate of drug-likeness (QED) is 0.634. The minimum Gasteiger partial charge on any atom is -0.481 e. The van der Waals surface area contributed by atoms with Gasteiger partial charge >= 0.3 is 0 Å². The van der Waals surface area contributed by atoms with Gasteiger partial charge < -0.3 is 10.1 Å². The third kappa shape index (κ3) is 7.00.